The molecular weight excluding hydrogens is 214 g/mol. The molecule has 1 aromatic heterocycles. The highest BCUT2D eigenvalue weighted by Gasteiger charge is 2.15. The first-order chi connectivity index (χ1) is 8.34. The summed E-state index contributed by atoms with van der Waals surface area (Å²) >= 11 is 0. The third kappa shape index (κ3) is 1.90. The Bertz CT molecular complexity index is 535. The van der Waals surface area contributed by atoms with Crippen molar-refractivity contribution in [3.63, 3.8) is 0 Å². The molecule has 1 aliphatic heterocycles. The van der Waals surface area contributed by atoms with E-state index in [1.807, 2.05) is 6.07 Å². The lowest BCUT2D eigenvalue weighted by molar-refractivity contribution is 0.476. The maximum Gasteiger partial charge on any atom is 0.140 e. The van der Waals surface area contributed by atoms with Crippen LogP contribution in [0.5, 0.6) is 5.75 Å². The number of hydrogen-bond acceptors (Lipinski definition) is 4. The molecule has 0 bridgehead atoms. The van der Waals surface area contributed by atoms with Gasteiger partial charge in [0.05, 0.1) is 5.52 Å². The first-order valence-electron chi connectivity index (χ1n) is 6.03. The van der Waals surface area contributed by atoms with Crippen LogP contribution in [0.4, 0.5) is 5.82 Å². The van der Waals surface area contributed by atoms with E-state index in [2.05, 4.69) is 14.9 Å². The van der Waals surface area contributed by atoms with Crippen molar-refractivity contribution in [1.82, 2.24) is 9.97 Å². The van der Waals surface area contributed by atoms with Crippen molar-refractivity contribution in [2.24, 2.45) is 0 Å². The Hall–Kier alpha value is -1.84. The smallest absolute Gasteiger partial charge is 0.140 e. The van der Waals surface area contributed by atoms with Gasteiger partial charge >= 0.3 is 0 Å². The molecule has 4 nitrogen and oxygen atoms in total. The van der Waals surface area contributed by atoms with Crippen molar-refractivity contribution < 1.29 is 5.11 Å². The van der Waals surface area contributed by atoms with Crippen LogP contribution in [0.1, 0.15) is 19.3 Å². The Morgan fingerprint density at radius 3 is 2.71 bits per heavy atom. The third-order valence-corrected chi connectivity index (χ3v) is 3.25. The molecule has 1 aliphatic rings. The fourth-order valence-electron chi connectivity index (χ4n) is 2.39. The number of rotatable bonds is 1. The normalized spacial score (nSPS) is 16.4. The number of phenols is 1. The van der Waals surface area contributed by atoms with E-state index in [9.17, 15) is 5.11 Å². The predicted molar refractivity (Wildman–Crippen MR) is 67.3 cm³/mol. The van der Waals surface area contributed by atoms with E-state index in [1.54, 1.807) is 18.5 Å². The minimum atomic E-state index is 0.269. The second kappa shape index (κ2) is 4.20. The predicted octanol–water partition coefficient (Wildman–Crippen LogP) is 2.33. The summed E-state index contributed by atoms with van der Waals surface area (Å²) in [6.07, 6.45) is 5.32. The Morgan fingerprint density at radius 1 is 1.06 bits per heavy atom. The number of fused-ring (bicyclic) bond motifs is 1. The number of anilines is 1. The number of aromatic hydroxyl groups is 1. The molecule has 17 heavy (non-hydrogen) atoms. The molecule has 4 heteroatoms. The molecule has 0 amide bonds. The summed E-state index contributed by atoms with van der Waals surface area (Å²) in [5, 5.41) is 10.5. The van der Waals surface area contributed by atoms with Gasteiger partial charge in [-0.15, -0.1) is 0 Å². The Labute approximate surface area is 99.9 Å². The van der Waals surface area contributed by atoms with Gasteiger partial charge in [0.25, 0.3) is 0 Å². The SMILES string of the molecule is Oc1ccc2ncnc(N3CCCCC3)c2c1. The zero-order chi connectivity index (χ0) is 11.7. The quantitative estimate of drug-likeness (QED) is 0.815. The minimum Gasteiger partial charge on any atom is -0.508 e. The standard InChI is InChI=1S/C13H15N3O/c17-10-4-5-12-11(8-10)13(15-9-14-12)16-6-2-1-3-7-16/h4-5,8-9,17H,1-3,6-7H2. The fraction of sp³-hybridized carbons (Fsp3) is 0.385. The average molecular weight is 229 g/mol. The van der Waals surface area contributed by atoms with E-state index < -0.39 is 0 Å². The molecule has 0 aliphatic carbocycles. The van der Waals surface area contributed by atoms with E-state index in [0.29, 0.717) is 0 Å². The fourth-order valence-corrected chi connectivity index (χ4v) is 2.39. The summed E-state index contributed by atoms with van der Waals surface area (Å²) in [4.78, 5) is 10.9. The first kappa shape index (κ1) is 10.3. The lowest BCUT2D eigenvalue weighted by atomic mass is 10.1. The van der Waals surface area contributed by atoms with Gasteiger partial charge in [-0.2, -0.15) is 0 Å². The molecule has 1 fully saturated rings. The van der Waals surface area contributed by atoms with Gasteiger partial charge in [0, 0.05) is 18.5 Å². The Balaban J connectivity index is 2.11. The van der Waals surface area contributed by atoms with Crippen LogP contribution in [-0.2, 0) is 0 Å². The lowest BCUT2D eigenvalue weighted by Crippen LogP contribution is -2.30. The van der Waals surface area contributed by atoms with Gasteiger partial charge in [0.2, 0.25) is 0 Å². The maximum atomic E-state index is 9.58. The molecule has 0 atom stereocenters. The largest absolute Gasteiger partial charge is 0.508 e. The van der Waals surface area contributed by atoms with Gasteiger partial charge in [0.15, 0.2) is 0 Å². The molecule has 2 heterocycles. The van der Waals surface area contributed by atoms with Gasteiger partial charge in [-0.05, 0) is 37.5 Å². The number of hydrogen-bond donors (Lipinski definition) is 1. The van der Waals surface area contributed by atoms with E-state index in [0.717, 1.165) is 29.8 Å². The van der Waals surface area contributed by atoms with Crippen LogP contribution in [0.15, 0.2) is 24.5 Å². The molecular formula is C13H15N3O. The van der Waals surface area contributed by atoms with Gasteiger partial charge in [-0.3, -0.25) is 0 Å². The van der Waals surface area contributed by atoms with Crippen molar-refractivity contribution in [3.05, 3.63) is 24.5 Å². The summed E-state index contributed by atoms with van der Waals surface area (Å²) in [6.45, 7) is 2.09. The average Bonchev–Trinajstić information content (AvgIpc) is 2.39. The van der Waals surface area contributed by atoms with Crippen molar-refractivity contribution in [2.45, 2.75) is 19.3 Å². The molecule has 0 spiro atoms. The number of benzene rings is 1. The molecule has 88 valence electrons. The van der Waals surface area contributed by atoms with Crippen molar-refractivity contribution in [3.8, 4) is 5.75 Å². The monoisotopic (exact) mass is 229 g/mol. The third-order valence-electron chi connectivity index (χ3n) is 3.25. The first-order valence-corrected chi connectivity index (χ1v) is 6.03. The highest BCUT2D eigenvalue weighted by Crippen LogP contribution is 2.27. The van der Waals surface area contributed by atoms with Crippen molar-refractivity contribution in [1.29, 1.82) is 0 Å². The molecule has 1 N–H and O–H groups in total. The summed E-state index contributed by atoms with van der Waals surface area (Å²) in [5.74, 6) is 1.22. The zero-order valence-electron chi connectivity index (χ0n) is 9.63. The number of aromatic nitrogens is 2. The molecule has 0 saturated carbocycles. The molecule has 0 unspecified atom stereocenters. The van der Waals surface area contributed by atoms with Gasteiger partial charge in [-0.25, -0.2) is 9.97 Å². The summed E-state index contributed by atoms with van der Waals surface area (Å²) in [5.41, 5.74) is 0.887. The van der Waals surface area contributed by atoms with Crippen LogP contribution in [0.25, 0.3) is 10.9 Å². The van der Waals surface area contributed by atoms with E-state index >= 15 is 0 Å². The van der Waals surface area contributed by atoms with Crippen molar-refractivity contribution in [2.75, 3.05) is 18.0 Å². The van der Waals surface area contributed by atoms with Crippen LogP contribution in [0, 0.1) is 0 Å². The highest BCUT2D eigenvalue weighted by molar-refractivity contribution is 5.90. The van der Waals surface area contributed by atoms with Crippen molar-refractivity contribution >= 4 is 16.7 Å². The van der Waals surface area contributed by atoms with Crippen LogP contribution < -0.4 is 4.90 Å². The van der Waals surface area contributed by atoms with Gasteiger partial charge in [0.1, 0.15) is 17.9 Å². The van der Waals surface area contributed by atoms with Crippen LogP contribution in [-0.4, -0.2) is 28.2 Å². The number of phenolic OH excluding ortho intramolecular Hbond substituents is 1. The Kier molecular flexibility index (Phi) is 2.55. The number of piperidine rings is 1. The Morgan fingerprint density at radius 2 is 1.88 bits per heavy atom. The molecule has 2 aromatic rings. The van der Waals surface area contributed by atoms with Crippen LogP contribution >= 0.6 is 0 Å². The lowest BCUT2D eigenvalue weighted by Gasteiger charge is -2.28. The van der Waals surface area contributed by atoms with E-state index in [-0.39, 0.29) is 5.75 Å². The van der Waals surface area contributed by atoms with E-state index in [4.69, 9.17) is 0 Å². The zero-order valence-corrected chi connectivity index (χ0v) is 9.63. The summed E-state index contributed by atoms with van der Waals surface area (Å²) < 4.78 is 0. The second-order valence-electron chi connectivity index (χ2n) is 4.45. The number of nitrogens with zero attached hydrogens (tertiary/aromatic N) is 3. The van der Waals surface area contributed by atoms with Crippen LogP contribution in [0.2, 0.25) is 0 Å². The maximum absolute atomic E-state index is 9.58. The summed E-state index contributed by atoms with van der Waals surface area (Å²) in [7, 11) is 0. The van der Waals surface area contributed by atoms with Gasteiger partial charge < -0.3 is 10.0 Å². The second-order valence-corrected chi connectivity index (χ2v) is 4.45. The van der Waals surface area contributed by atoms with Gasteiger partial charge in [-0.1, -0.05) is 0 Å². The molecule has 1 aromatic carbocycles. The van der Waals surface area contributed by atoms with Crippen LogP contribution in [0.3, 0.4) is 0 Å². The highest BCUT2D eigenvalue weighted by atomic mass is 16.3. The molecule has 3 rings (SSSR count). The topological polar surface area (TPSA) is 49.3 Å². The van der Waals surface area contributed by atoms with E-state index in [1.165, 1.54) is 19.3 Å². The summed E-state index contributed by atoms with van der Waals surface area (Å²) in [6, 6.07) is 5.24. The molecule has 0 radical (unpaired) electrons. The molecule has 1 saturated heterocycles. The minimum absolute atomic E-state index is 0.269.